The van der Waals surface area contributed by atoms with Crippen LogP contribution in [0.5, 0.6) is 0 Å². The number of piperidine rings is 1. The topological polar surface area (TPSA) is 62.2 Å². The van der Waals surface area contributed by atoms with E-state index < -0.39 is 0 Å². The van der Waals surface area contributed by atoms with E-state index in [0.29, 0.717) is 24.6 Å². The van der Waals surface area contributed by atoms with Gasteiger partial charge in [-0.15, -0.1) is 0 Å². The fourth-order valence-electron chi connectivity index (χ4n) is 4.45. The van der Waals surface area contributed by atoms with Gasteiger partial charge in [0, 0.05) is 18.0 Å². The molecule has 168 valence electrons. The second-order valence-electron chi connectivity index (χ2n) is 8.22. The molecule has 1 amide bonds. The lowest BCUT2D eigenvalue weighted by Crippen LogP contribution is -2.44. The van der Waals surface area contributed by atoms with Gasteiger partial charge in [0.2, 0.25) is 0 Å². The van der Waals surface area contributed by atoms with E-state index in [9.17, 15) is 9.59 Å². The number of ether oxygens (including phenoxy) is 1. The zero-order valence-corrected chi connectivity index (χ0v) is 19.0. The molecule has 1 fully saturated rings. The van der Waals surface area contributed by atoms with Crippen LogP contribution in [0.15, 0.2) is 59.7 Å². The van der Waals surface area contributed by atoms with E-state index in [1.54, 1.807) is 5.01 Å². The van der Waals surface area contributed by atoms with Crippen LogP contribution in [-0.2, 0) is 14.3 Å². The molecule has 2 aromatic rings. The van der Waals surface area contributed by atoms with E-state index in [0.717, 1.165) is 36.2 Å². The molecule has 0 N–H and O–H groups in total. The predicted molar refractivity (Wildman–Crippen MR) is 124 cm³/mol. The lowest BCUT2D eigenvalue weighted by molar-refractivity contribution is -0.150. The van der Waals surface area contributed by atoms with Gasteiger partial charge in [-0.2, -0.15) is 5.10 Å². The standard InChI is InChI=1S/C25H28ClN3O3/c1-2-32-25(31)19-11-8-14-28(16-19)17-24(30)29-23(20-12-6-7-13-21(20)26)15-22(27-29)18-9-4-3-5-10-18/h3-7,9-10,12-13,19,23H,2,8,11,14-17H2,1H3. The van der Waals surface area contributed by atoms with Crippen molar-refractivity contribution < 1.29 is 14.3 Å². The molecule has 2 aromatic carbocycles. The smallest absolute Gasteiger partial charge is 0.310 e. The molecule has 2 unspecified atom stereocenters. The molecule has 0 radical (unpaired) electrons. The number of benzene rings is 2. The number of amides is 1. The summed E-state index contributed by atoms with van der Waals surface area (Å²) in [6, 6.07) is 17.3. The molecule has 2 aliphatic rings. The number of carbonyl (C=O) groups excluding carboxylic acids is 2. The Labute approximate surface area is 193 Å². The minimum absolute atomic E-state index is 0.0923. The molecule has 0 aliphatic carbocycles. The van der Waals surface area contributed by atoms with Gasteiger partial charge < -0.3 is 4.74 Å². The van der Waals surface area contributed by atoms with Crippen molar-refractivity contribution in [1.82, 2.24) is 9.91 Å². The van der Waals surface area contributed by atoms with Crippen LogP contribution < -0.4 is 0 Å². The highest BCUT2D eigenvalue weighted by Gasteiger charge is 2.36. The lowest BCUT2D eigenvalue weighted by Gasteiger charge is -2.32. The van der Waals surface area contributed by atoms with Crippen LogP contribution in [0.4, 0.5) is 0 Å². The summed E-state index contributed by atoms with van der Waals surface area (Å²) in [5, 5.41) is 6.94. The average Bonchev–Trinajstić information content (AvgIpc) is 3.26. The number of hydrazone groups is 1. The number of halogens is 1. The van der Waals surface area contributed by atoms with Crippen LogP contribution in [0.25, 0.3) is 0 Å². The van der Waals surface area contributed by atoms with Crippen molar-refractivity contribution in [2.75, 3.05) is 26.2 Å². The molecule has 0 saturated carbocycles. The number of likely N-dealkylation sites (tertiary alicyclic amines) is 1. The molecule has 0 bridgehead atoms. The summed E-state index contributed by atoms with van der Waals surface area (Å²) in [4.78, 5) is 27.6. The van der Waals surface area contributed by atoms with Crippen molar-refractivity contribution in [3.05, 3.63) is 70.7 Å². The molecule has 7 heteroatoms. The maximum Gasteiger partial charge on any atom is 0.310 e. The van der Waals surface area contributed by atoms with Gasteiger partial charge in [0.15, 0.2) is 0 Å². The summed E-state index contributed by atoms with van der Waals surface area (Å²) >= 11 is 6.49. The molecule has 2 aliphatic heterocycles. The van der Waals surface area contributed by atoms with E-state index in [-0.39, 0.29) is 30.4 Å². The van der Waals surface area contributed by atoms with Gasteiger partial charge in [-0.05, 0) is 43.5 Å². The van der Waals surface area contributed by atoms with Crippen molar-refractivity contribution in [3.8, 4) is 0 Å². The van der Waals surface area contributed by atoms with Gasteiger partial charge in [0.1, 0.15) is 0 Å². The lowest BCUT2D eigenvalue weighted by atomic mass is 9.97. The number of hydrogen-bond acceptors (Lipinski definition) is 5. The average molecular weight is 454 g/mol. The Bertz CT molecular complexity index is 995. The summed E-state index contributed by atoms with van der Waals surface area (Å²) < 4.78 is 5.19. The Morgan fingerprint density at radius 2 is 1.88 bits per heavy atom. The highest BCUT2D eigenvalue weighted by molar-refractivity contribution is 6.31. The van der Waals surface area contributed by atoms with Crippen molar-refractivity contribution in [3.63, 3.8) is 0 Å². The highest BCUT2D eigenvalue weighted by atomic mass is 35.5. The van der Waals surface area contributed by atoms with Gasteiger partial charge in [-0.25, -0.2) is 5.01 Å². The zero-order valence-electron chi connectivity index (χ0n) is 18.2. The molecule has 0 aromatic heterocycles. The molecule has 0 spiro atoms. The van der Waals surface area contributed by atoms with Crippen molar-refractivity contribution in [2.24, 2.45) is 11.0 Å². The van der Waals surface area contributed by atoms with Gasteiger partial charge in [-0.3, -0.25) is 14.5 Å². The Morgan fingerprint density at radius 1 is 1.12 bits per heavy atom. The number of carbonyl (C=O) groups is 2. The molecule has 4 rings (SSSR count). The van der Waals surface area contributed by atoms with Gasteiger partial charge in [0.25, 0.3) is 5.91 Å². The minimum Gasteiger partial charge on any atom is -0.466 e. The van der Waals surface area contributed by atoms with Gasteiger partial charge >= 0.3 is 5.97 Å². The third-order valence-corrected chi connectivity index (χ3v) is 6.37. The van der Waals surface area contributed by atoms with Crippen LogP contribution >= 0.6 is 11.6 Å². The normalized spacial score (nSPS) is 21.3. The van der Waals surface area contributed by atoms with Gasteiger partial charge in [0.05, 0.1) is 30.8 Å². The Morgan fingerprint density at radius 3 is 2.62 bits per heavy atom. The fraction of sp³-hybridized carbons (Fsp3) is 0.400. The second kappa shape index (κ2) is 10.3. The molecule has 2 atom stereocenters. The molecule has 2 heterocycles. The number of esters is 1. The van der Waals surface area contributed by atoms with Crippen LogP contribution in [0, 0.1) is 5.92 Å². The van der Waals surface area contributed by atoms with E-state index in [2.05, 4.69) is 0 Å². The monoisotopic (exact) mass is 453 g/mol. The van der Waals surface area contributed by atoms with Crippen LogP contribution in [0.3, 0.4) is 0 Å². The van der Waals surface area contributed by atoms with Crippen molar-refractivity contribution in [2.45, 2.75) is 32.2 Å². The van der Waals surface area contributed by atoms with E-state index in [4.69, 9.17) is 21.4 Å². The Hall–Kier alpha value is -2.70. The number of hydrogen-bond donors (Lipinski definition) is 0. The first-order chi connectivity index (χ1) is 15.6. The summed E-state index contributed by atoms with van der Waals surface area (Å²) in [7, 11) is 0. The molecule has 32 heavy (non-hydrogen) atoms. The predicted octanol–water partition coefficient (Wildman–Crippen LogP) is 4.29. The molecule has 1 saturated heterocycles. The van der Waals surface area contributed by atoms with Crippen LogP contribution in [0.2, 0.25) is 5.02 Å². The second-order valence-corrected chi connectivity index (χ2v) is 8.63. The summed E-state index contributed by atoms with van der Waals surface area (Å²) in [5.41, 5.74) is 2.76. The molecule has 6 nitrogen and oxygen atoms in total. The zero-order chi connectivity index (χ0) is 22.5. The first-order valence-corrected chi connectivity index (χ1v) is 11.5. The SMILES string of the molecule is CCOC(=O)C1CCCN(CC(=O)N2N=C(c3ccccc3)CC2c2ccccc2Cl)C1. The largest absolute Gasteiger partial charge is 0.466 e. The molecular formula is C25H28ClN3O3. The van der Waals surface area contributed by atoms with Crippen molar-refractivity contribution >= 4 is 29.2 Å². The summed E-state index contributed by atoms with van der Waals surface area (Å²) in [5.74, 6) is -0.452. The Kier molecular flexibility index (Phi) is 7.22. The van der Waals surface area contributed by atoms with Crippen LogP contribution in [0.1, 0.15) is 43.4 Å². The third kappa shape index (κ3) is 5.03. The van der Waals surface area contributed by atoms with Gasteiger partial charge in [-0.1, -0.05) is 60.1 Å². The Balaban J connectivity index is 1.54. The number of nitrogens with zero attached hydrogens (tertiary/aromatic N) is 3. The maximum absolute atomic E-state index is 13.4. The summed E-state index contributed by atoms with van der Waals surface area (Å²) in [6.45, 7) is 3.71. The minimum atomic E-state index is -0.253. The van der Waals surface area contributed by atoms with E-state index in [1.165, 1.54) is 0 Å². The highest BCUT2D eigenvalue weighted by Crippen LogP contribution is 2.36. The van der Waals surface area contributed by atoms with E-state index in [1.807, 2.05) is 66.4 Å². The quantitative estimate of drug-likeness (QED) is 0.612. The molecular weight excluding hydrogens is 426 g/mol. The fourth-order valence-corrected chi connectivity index (χ4v) is 4.71. The van der Waals surface area contributed by atoms with Crippen molar-refractivity contribution in [1.29, 1.82) is 0 Å². The number of rotatable bonds is 6. The van der Waals surface area contributed by atoms with Crippen LogP contribution in [-0.4, -0.2) is 53.7 Å². The first kappa shape index (κ1) is 22.5. The van der Waals surface area contributed by atoms with E-state index >= 15 is 0 Å². The first-order valence-electron chi connectivity index (χ1n) is 11.1. The third-order valence-electron chi connectivity index (χ3n) is 6.02. The summed E-state index contributed by atoms with van der Waals surface area (Å²) in [6.07, 6.45) is 2.26. The maximum atomic E-state index is 13.4.